The van der Waals surface area contributed by atoms with Crippen LogP contribution in [-0.2, 0) is 6.54 Å². The summed E-state index contributed by atoms with van der Waals surface area (Å²) in [7, 11) is 0. The fourth-order valence-electron chi connectivity index (χ4n) is 1.86. The van der Waals surface area contributed by atoms with Gasteiger partial charge in [0.2, 0.25) is 0 Å². The summed E-state index contributed by atoms with van der Waals surface area (Å²) in [4.78, 5) is 11.9. The lowest BCUT2D eigenvalue weighted by molar-refractivity contribution is -0.956. The van der Waals surface area contributed by atoms with Crippen LogP contribution in [0, 0.1) is 0 Å². The molecule has 0 amide bonds. The van der Waals surface area contributed by atoms with E-state index < -0.39 is 5.97 Å². The van der Waals surface area contributed by atoms with Gasteiger partial charge in [0, 0.05) is 0 Å². The molecule has 4 nitrogen and oxygen atoms in total. The molecule has 0 unspecified atom stereocenters. The van der Waals surface area contributed by atoms with Crippen molar-refractivity contribution in [2.24, 2.45) is 0 Å². The summed E-state index contributed by atoms with van der Waals surface area (Å²) in [5.74, 6) is -0.666. The molecule has 0 fully saturated rings. The van der Waals surface area contributed by atoms with E-state index in [1.165, 1.54) is 11.0 Å². The van der Waals surface area contributed by atoms with Crippen LogP contribution in [0.15, 0.2) is 16.5 Å². The number of carboxylic acid groups (broad SMARTS) is 1. The molecule has 90 valence electrons. The second-order valence-corrected chi connectivity index (χ2v) is 4.61. The maximum Gasteiger partial charge on any atom is 0.159 e. The molecule has 0 aliphatic heterocycles. The van der Waals surface area contributed by atoms with Gasteiger partial charge in [-0.05, 0) is 39.8 Å². The fourth-order valence-corrected chi connectivity index (χ4v) is 1.86. The minimum Gasteiger partial charge on any atom is -0.542 e. The molecule has 4 heteroatoms. The first-order chi connectivity index (χ1) is 7.41. The molecule has 1 N–H and O–H groups in total. The van der Waals surface area contributed by atoms with Gasteiger partial charge in [0.15, 0.2) is 5.76 Å². The van der Waals surface area contributed by atoms with Gasteiger partial charge in [0.05, 0.1) is 12.1 Å². The molecule has 1 rings (SSSR count). The second kappa shape index (κ2) is 5.16. The average molecular weight is 225 g/mol. The van der Waals surface area contributed by atoms with E-state index in [1.807, 2.05) is 0 Å². The van der Waals surface area contributed by atoms with Gasteiger partial charge >= 0.3 is 0 Å². The molecule has 0 aromatic carbocycles. The summed E-state index contributed by atoms with van der Waals surface area (Å²) in [5, 5.41) is 10.6. The third-order valence-electron chi connectivity index (χ3n) is 2.72. The topological polar surface area (TPSA) is 57.7 Å². The number of carbonyl (C=O) groups is 1. The van der Waals surface area contributed by atoms with Gasteiger partial charge in [0.25, 0.3) is 0 Å². The van der Waals surface area contributed by atoms with Crippen molar-refractivity contribution in [1.29, 1.82) is 0 Å². The van der Waals surface area contributed by atoms with Crippen molar-refractivity contribution in [2.75, 3.05) is 0 Å². The van der Waals surface area contributed by atoms with Crippen molar-refractivity contribution in [3.8, 4) is 0 Å². The molecule has 0 aliphatic carbocycles. The van der Waals surface area contributed by atoms with Crippen LogP contribution < -0.4 is 10.0 Å². The normalized spacial score (nSPS) is 11.7. The number of quaternary nitrogens is 1. The Morgan fingerprint density at radius 3 is 2.25 bits per heavy atom. The largest absolute Gasteiger partial charge is 0.542 e. The molecule has 1 heterocycles. The number of hydrogen-bond acceptors (Lipinski definition) is 3. The molecule has 0 aliphatic rings. The predicted molar refractivity (Wildman–Crippen MR) is 58.0 cm³/mol. The Kier molecular flexibility index (Phi) is 4.12. The second-order valence-electron chi connectivity index (χ2n) is 4.61. The van der Waals surface area contributed by atoms with E-state index >= 15 is 0 Å². The summed E-state index contributed by atoms with van der Waals surface area (Å²) in [6.07, 6.45) is 0. The first-order valence-electron chi connectivity index (χ1n) is 5.57. The number of rotatable bonds is 5. The molecule has 0 saturated heterocycles. The van der Waals surface area contributed by atoms with Gasteiger partial charge in [-0.2, -0.15) is 0 Å². The number of aromatic carboxylic acids is 1. The lowest BCUT2D eigenvalue weighted by atomic mass is 10.2. The number of carboxylic acids is 1. The zero-order valence-electron chi connectivity index (χ0n) is 10.2. The maximum absolute atomic E-state index is 10.6. The third-order valence-corrected chi connectivity index (χ3v) is 2.72. The van der Waals surface area contributed by atoms with Crippen LogP contribution in [0.5, 0.6) is 0 Å². The summed E-state index contributed by atoms with van der Waals surface area (Å²) < 4.78 is 5.19. The molecule has 0 spiro atoms. The zero-order valence-corrected chi connectivity index (χ0v) is 10.2. The minimum absolute atomic E-state index is 0.0955. The van der Waals surface area contributed by atoms with E-state index in [0.717, 1.165) is 0 Å². The van der Waals surface area contributed by atoms with Crippen molar-refractivity contribution in [1.82, 2.24) is 0 Å². The smallest absolute Gasteiger partial charge is 0.159 e. The highest BCUT2D eigenvalue weighted by Gasteiger charge is 2.19. The van der Waals surface area contributed by atoms with Crippen LogP contribution in [0.4, 0.5) is 0 Å². The molecule has 16 heavy (non-hydrogen) atoms. The molecule has 0 atom stereocenters. The van der Waals surface area contributed by atoms with E-state index in [9.17, 15) is 9.90 Å². The van der Waals surface area contributed by atoms with E-state index in [-0.39, 0.29) is 5.76 Å². The van der Waals surface area contributed by atoms with E-state index in [0.29, 0.717) is 24.4 Å². The van der Waals surface area contributed by atoms with Crippen LogP contribution in [0.25, 0.3) is 0 Å². The molecular weight excluding hydrogens is 206 g/mol. The average Bonchev–Trinajstić information content (AvgIpc) is 2.61. The zero-order chi connectivity index (χ0) is 12.3. The number of hydrogen-bond donors (Lipinski definition) is 1. The van der Waals surface area contributed by atoms with Crippen LogP contribution >= 0.6 is 0 Å². The van der Waals surface area contributed by atoms with E-state index in [4.69, 9.17) is 4.42 Å². The Bertz CT molecular complexity index is 347. The van der Waals surface area contributed by atoms with Gasteiger partial charge in [-0.25, -0.2) is 0 Å². The monoisotopic (exact) mass is 225 g/mol. The Balaban J connectivity index is 2.74. The van der Waals surface area contributed by atoms with Crippen LogP contribution in [0.1, 0.15) is 44.0 Å². The predicted octanol–water partition coefficient (Wildman–Crippen LogP) is -0.155. The molecule has 1 aromatic rings. The van der Waals surface area contributed by atoms with Gasteiger partial charge in [0.1, 0.15) is 18.3 Å². The third kappa shape index (κ3) is 3.10. The van der Waals surface area contributed by atoms with E-state index in [2.05, 4.69) is 27.7 Å². The van der Waals surface area contributed by atoms with Crippen molar-refractivity contribution < 1.29 is 19.2 Å². The van der Waals surface area contributed by atoms with Gasteiger partial charge < -0.3 is 19.2 Å². The molecular formula is C12H19NO3. The van der Waals surface area contributed by atoms with Crippen LogP contribution in [0.2, 0.25) is 0 Å². The van der Waals surface area contributed by atoms with Crippen molar-refractivity contribution >= 4 is 5.97 Å². The Morgan fingerprint density at radius 1 is 1.31 bits per heavy atom. The molecule has 1 aromatic heterocycles. The minimum atomic E-state index is -1.26. The Labute approximate surface area is 95.9 Å². The molecule has 0 saturated carbocycles. The number of carbonyl (C=O) groups excluding carboxylic acids is 1. The van der Waals surface area contributed by atoms with Crippen LogP contribution in [0.3, 0.4) is 0 Å². The standard InChI is InChI=1S/C12H19NO3/c1-8(2)13(9(3)4)7-10-5-6-11(16-10)12(14)15/h5-6,8-9H,7H2,1-4H3,(H,14,15). The maximum atomic E-state index is 10.6. The van der Waals surface area contributed by atoms with Gasteiger partial charge in [-0.1, -0.05) is 0 Å². The lowest BCUT2D eigenvalue weighted by Crippen LogP contribution is -3.16. The highest BCUT2D eigenvalue weighted by Crippen LogP contribution is 2.05. The molecule has 0 radical (unpaired) electrons. The molecule has 0 bridgehead atoms. The Hall–Kier alpha value is -1.29. The van der Waals surface area contributed by atoms with Crippen molar-refractivity contribution in [3.05, 3.63) is 23.7 Å². The summed E-state index contributed by atoms with van der Waals surface area (Å²) in [5.41, 5.74) is 0. The van der Waals surface area contributed by atoms with Crippen molar-refractivity contribution in [3.63, 3.8) is 0 Å². The summed E-state index contributed by atoms with van der Waals surface area (Å²) in [6.45, 7) is 9.24. The summed E-state index contributed by atoms with van der Waals surface area (Å²) >= 11 is 0. The summed E-state index contributed by atoms with van der Waals surface area (Å²) in [6, 6.07) is 4.09. The lowest BCUT2D eigenvalue weighted by Gasteiger charge is -2.26. The van der Waals surface area contributed by atoms with Gasteiger partial charge in [-0.15, -0.1) is 0 Å². The first kappa shape index (κ1) is 12.8. The highest BCUT2D eigenvalue weighted by molar-refractivity contribution is 5.82. The van der Waals surface area contributed by atoms with Crippen molar-refractivity contribution in [2.45, 2.75) is 46.3 Å². The van der Waals surface area contributed by atoms with Gasteiger partial charge in [-0.3, -0.25) is 0 Å². The Morgan fingerprint density at radius 2 is 1.88 bits per heavy atom. The number of nitrogens with one attached hydrogen (secondary N) is 1. The highest BCUT2D eigenvalue weighted by atomic mass is 16.4. The number of furan rings is 1. The van der Waals surface area contributed by atoms with Crippen LogP contribution in [-0.4, -0.2) is 18.1 Å². The first-order valence-corrected chi connectivity index (χ1v) is 5.57. The quantitative estimate of drug-likeness (QED) is 0.758. The SMILES string of the molecule is CC(C)[NH+](Cc1ccc(C(=O)[O-])o1)C(C)C. The van der Waals surface area contributed by atoms with E-state index in [1.54, 1.807) is 6.07 Å². The fraction of sp³-hybridized carbons (Fsp3) is 0.583.